The van der Waals surface area contributed by atoms with Crippen molar-refractivity contribution in [2.45, 2.75) is 39.0 Å². The first-order valence-corrected chi connectivity index (χ1v) is 13.6. The summed E-state index contributed by atoms with van der Waals surface area (Å²) in [6.45, 7) is 2.03. The lowest BCUT2D eigenvalue weighted by atomic mass is 10.0. The Bertz CT molecular complexity index is 1360. The van der Waals surface area contributed by atoms with Crippen LogP contribution in [0.1, 0.15) is 52.4 Å². The summed E-state index contributed by atoms with van der Waals surface area (Å²) >= 11 is 3.55. The summed E-state index contributed by atoms with van der Waals surface area (Å²) in [7, 11) is 0. The fraction of sp³-hybridized carbons (Fsp3) is 0.320. The molecule has 3 aromatic rings. The van der Waals surface area contributed by atoms with Gasteiger partial charge in [-0.2, -0.15) is 38.8 Å². The lowest BCUT2D eigenvalue weighted by molar-refractivity contribution is -0.142. The molecule has 0 saturated heterocycles. The normalized spacial score (nSPS) is 12.1. The SMILES string of the molecule is CSCC(C)(C)NC(=O)c1c(I)cccc1C(=O)Nc1ccc(-c2cc(C(F)(F)F)nn2C(F)F)cc1C. The fourth-order valence-corrected chi connectivity index (χ4v) is 5.30. The van der Waals surface area contributed by atoms with Gasteiger partial charge in [0.05, 0.1) is 16.8 Å². The second-order valence-electron chi connectivity index (χ2n) is 9.05. The molecule has 2 aromatic carbocycles. The van der Waals surface area contributed by atoms with Crippen LogP contribution in [-0.2, 0) is 6.18 Å². The highest BCUT2D eigenvalue weighted by atomic mass is 127. The molecule has 0 fully saturated rings. The maximum Gasteiger partial charge on any atom is 0.435 e. The molecule has 204 valence electrons. The molecule has 1 heterocycles. The van der Waals surface area contributed by atoms with E-state index in [4.69, 9.17) is 0 Å². The number of benzene rings is 2. The number of amides is 2. The number of hydrogen-bond donors (Lipinski definition) is 2. The molecule has 0 radical (unpaired) electrons. The lowest BCUT2D eigenvalue weighted by Crippen LogP contribution is -2.46. The minimum absolute atomic E-state index is 0.00514. The van der Waals surface area contributed by atoms with Gasteiger partial charge in [-0.1, -0.05) is 12.1 Å². The van der Waals surface area contributed by atoms with Crippen LogP contribution >= 0.6 is 34.4 Å². The van der Waals surface area contributed by atoms with Gasteiger partial charge in [0.2, 0.25) is 0 Å². The molecule has 13 heteroatoms. The van der Waals surface area contributed by atoms with E-state index in [0.29, 0.717) is 26.6 Å². The van der Waals surface area contributed by atoms with Crippen molar-refractivity contribution in [3.8, 4) is 11.3 Å². The van der Waals surface area contributed by atoms with Crippen LogP contribution in [0, 0.1) is 10.5 Å². The number of carbonyl (C=O) groups excluding carboxylic acids is 2. The predicted molar refractivity (Wildman–Crippen MR) is 146 cm³/mol. The number of anilines is 1. The number of aryl methyl sites for hydroxylation is 1. The van der Waals surface area contributed by atoms with Crippen molar-refractivity contribution in [3.05, 3.63) is 68.4 Å². The maximum atomic E-state index is 13.4. The largest absolute Gasteiger partial charge is 0.435 e. The highest BCUT2D eigenvalue weighted by molar-refractivity contribution is 14.1. The highest BCUT2D eigenvalue weighted by Crippen LogP contribution is 2.35. The molecule has 0 atom stereocenters. The van der Waals surface area contributed by atoms with Crippen molar-refractivity contribution in [1.82, 2.24) is 15.1 Å². The summed E-state index contributed by atoms with van der Waals surface area (Å²) in [6, 6.07) is 9.49. The van der Waals surface area contributed by atoms with Gasteiger partial charge < -0.3 is 10.6 Å². The van der Waals surface area contributed by atoms with Gasteiger partial charge in [-0.3, -0.25) is 9.59 Å². The molecule has 0 unspecified atom stereocenters. The Morgan fingerprint density at radius 2 is 1.79 bits per heavy atom. The lowest BCUT2D eigenvalue weighted by Gasteiger charge is -2.26. The highest BCUT2D eigenvalue weighted by Gasteiger charge is 2.36. The number of hydrogen-bond acceptors (Lipinski definition) is 4. The summed E-state index contributed by atoms with van der Waals surface area (Å²) < 4.78 is 66.5. The minimum Gasteiger partial charge on any atom is -0.346 e. The maximum absolute atomic E-state index is 13.4. The Morgan fingerprint density at radius 1 is 1.11 bits per heavy atom. The molecule has 1 aromatic heterocycles. The smallest absolute Gasteiger partial charge is 0.346 e. The van der Waals surface area contributed by atoms with Gasteiger partial charge in [0, 0.05) is 26.1 Å². The van der Waals surface area contributed by atoms with Crippen molar-refractivity contribution in [2.75, 3.05) is 17.3 Å². The van der Waals surface area contributed by atoms with E-state index in [1.165, 1.54) is 24.3 Å². The van der Waals surface area contributed by atoms with Crippen LogP contribution in [0.4, 0.5) is 27.6 Å². The molecule has 0 aliphatic heterocycles. The number of nitrogens with one attached hydrogen (secondary N) is 2. The second kappa shape index (κ2) is 11.6. The first kappa shape index (κ1) is 29.9. The van der Waals surface area contributed by atoms with Crippen LogP contribution in [0.3, 0.4) is 0 Å². The van der Waals surface area contributed by atoms with Gasteiger partial charge >= 0.3 is 12.7 Å². The number of nitrogens with zero attached hydrogens (tertiary/aromatic N) is 2. The third-order valence-corrected chi connectivity index (χ3v) is 7.33. The predicted octanol–water partition coefficient (Wildman–Crippen LogP) is 7.00. The average molecular weight is 666 g/mol. The Balaban J connectivity index is 1.91. The molecule has 0 aliphatic rings. The van der Waals surface area contributed by atoms with Crippen molar-refractivity contribution < 1.29 is 31.5 Å². The Labute approximate surface area is 233 Å². The third kappa shape index (κ3) is 6.84. The van der Waals surface area contributed by atoms with E-state index in [2.05, 4.69) is 15.7 Å². The monoisotopic (exact) mass is 666 g/mol. The number of thioether (sulfide) groups is 1. The molecule has 6 nitrogen and oxygen atoms in total. The average Bonchev–Trinajstić information content (AvgIpc) is 3.26. The van der Waals surface area contributed by atoms with Crippen molar-refractivity contribution >= 4 is 51.9 Å². The molecular weight excluding hydrogens is 642 g/mol. The number of alkyl halides is 5. The minimum atomic E-state index is -4.89. The van der Waals surface area contributed by atoms with Gasteiger partial charge in [0.25, 0.3) is 11.8 Å². The molecule has 38 heavy (non-hydrogen) atoms. The zero-order chi connectivity index (χ0) is 28.4. The van der Waals surface area contributed by atoms with Crippen LogP contribution in [0.2, 0.25) is 0 Å². The zero-order valence-electron chi connectivity index (χ0n) is 20.7. The van der Waals surface area contributed by atoms with Crippen LogP contribution in [0.15, 0.2) is 42.5 Å². The summed E-state index contributed by atoms with van der Waals surface area (Å²) in [6.07, 6.45) is -2.97. The molecule has 0 aliphatic carbocycles. The van der Waals surface area contributed by atoms with Gasteiger partial charge in [-0.15, -0.1) is 0 Å². The molecule has 2 amide bonds. The van der Waals surface area contributed by atoms with Crippen molar-refractivity contribution in [3.63, 3.8) is 0 Å². The van der Waals surface area contributed by atoms with E-state index in [0.717, 1.165) is 0 Å². The zero-order valence-corrected chi connectivity index (χ0v) is 23.7. The number of carbonyl (C=O) groups is 2. The Hall–Kier alpha value is -2.68. The van der Waals surface area contributed by atoms with E-state index < -0.39 is 41.5 Å². The van der Waals surface area contributed by atoms with E-state index >= 15 is 0 Å². The first-order valence-electron chi connectivity index (χ1n) is 11.1. The summed E-state index contributed by atoms with van der Waals surface area (Å²) in [5, 5.41) is 8.65. The van der Waals surface area contributed by atoms with Crippen molar-refractivity contribution in [2.24, 2.45) is 0 Å². The van der Waals surface area contributed by atoms with Gasteiger partial charge in [-0.25, -0.2) is 4.68 Å². The van der Waals surface area contributed by atoms with Gasteiger partial charge in [0.1, 0.15) is 0 Å². The van der Waals surface area contributed by atoms with E-state index in [-0.39, 0.29) is 21.4 Å². The summed E-state index contributed by atoms with van der Waals surface area (Å²) in [4.78, 5) is 26.3. The topological polar surface area (TPSA) is 76.0 Å². The van der Waals surface area contributed by atoms with Gasteiger partial charge in [0.15, 0.2) is 5.69 Å². The summed E-state index contributed by atoms with van der Waals surface area (Å²) in [5.74, 6) is -0.333. The van der Waals surface area contributed by atoms with E-state index in [1.807, 2.05) is 42.7 Å². The Kier molecular flexibility index (Phi) is 9.12. The van der Waals surface area contributed by atoms with Crippen LogP contribution < -0.4 is 10.6 Å². The van der Waals surface area contributed by atoms with Gasteiger partial charge in [-0.05, 0) is 85.5 Å². The van der Waals surface area contributed by atoms with Crippen molar-refractivity contribution in [1.29, 1.82) is 0 Å². The molecule has 2 N–H and O–H groups in total. The molecule has 0 spiro atoms. The fourth-order valence-electron chi connectivity index (χ4n) is 3.76. The standard InChI is InChI=1S/C25H24F5IN4O2S/c1-13-10-14(18-11-19(25(28,29)30)34-35(18)23(26)27)8-9-17(13)32-21(36)15-6-5-7-16(31)20(15)22(37)33-24(2,3)12-38-4/h5-11,23H,12H2,1-4H3,(H,32,36)(H,33,37). The van der Waals surface area contributed by atoms with E-state index in [9.17, 15) is 31.5 Å². The van der Waals surface area contributed by atoms with Crippen LogP contribution in [0.25, 0.3) is 11.3 Å². The van der Waals surface area contributed by atoms with Crippen LogP contribution in [0.5, 0.6) is 0 Å². The summed E-state index contributed by atoms with van der Waals surface area (Å²) in [5.41, 5.74) is -1.28. The molecule has 3 rings (SSSR count). The molecule has 0 bridgehead atoms. The van der Waals surface area contributed by atoms with E-state index in [1.54, 1.807) is 30.8 Å². The quantitative estimate of drug-likeness (QED) is 0.201. The number of halogens is 6. The first-order chi connectivity index (χ1) is 17.6. The molecule has 0 saturated carbocycles. The third-order valence-electron chi connectivity index (χ3n) is 5.42. The second-order valence-corrected chi connectivity index (χ2v) is 11.1. The van der Waals surface area contributed by atoms with Crippen LogP contribution in [-0.4, -0.2) is 39.1 Å². The molecular formula is C25H24F5IN4O2S. The number of aromatic nitrogens is 2. The Morgan fingerprint density at radius 3 is 2.37 bits per heavy atom. The number of rotatable bonds is 8.